The number of pyridine rings is 1. The Labute approximate surface area is 234 Å². The van der Waals surface area contributed by atoms with Gasteiger partial charge in [0.1, 0.15) is 11.5 Å². The molecule has 0 radical (unpaired) electrons. The summed E-state index contributed by atoms with van der Waals surface area (Å²) in [6, 6.07) is 10.7. The second-order valence-electron chi connectivity index (χ2n) is 10.4. The lowest BCUT2D eigenvalue weighted by Crippen LogP contribution is -2.46. The van der Waals surface area contributed by atoms with Gasteiger partial charge in [0.15, 0.2) is 5.78 Å². The van der Waals surface area contributed by atoms with E-state index in [4.69, 9.17) is 0 Å². The number of hydrogen-bond acceptors (Lipinski definition) is 7. The lowest BCUT2D eigenvalue weighted by atomic mass is 9.86. The van der Waals surface area contributed by atoms with E-state index >= 15 is 0 Å². The molecule has 4 aromatic rings. The predicted molar refractivity (Wildman–Crippen MR) is 153 cm³/mol. The number of ketones is 1. The summed E-state index contributed by atoms with van der Waals surface area (Å²) in [6.45, 7) is 4.46. The van der Waals surface area contributed by atoms with E-state index in [2.05, 4.69) is 31.0 Å². The number of benzene rings is 1. The minimum atomic E-state index is -0.603. The first-order chi connectivity index (χ1) is 19.4. The van der Waals surface area contributed by atoms with Crippen LogP contribution >= 0.6 is 0 Å². The van der Waals surface area contributed by atoms with Crippen molar-refractivity contribution < 1.29 is 9.59 Å². The number of anilines is 2. The Balaban J connectivity index is 1.31. The molecule has 0 aliphatic heterocycles. The van der Waals surface area contributed by atoms with Crippen LogP contribution in [0.4, 0.5) is 11.5 Å². The van der Waals surface area contributed by atoms with Gasteiger partial charge < -0.3 is 10.6 Å². The van der Waals surface area contributed by atoms with Crippen LogP contribution in [-0.2, 0) is 13.6 Å². The van der Waals surface area contributed by atoms with Crippen LogP contribution in [0, 0.1) is 12.8 Å². The van der Waals surface area contributed by atoms with Crippen LogP contribution in [0.25, 0.3) is 11.3 Å². The van der Waals surface area contributed by atoms with E-state index < -0.39 is 6.04 Å². The Hall–Kier alpha value is -4.34. The van der Waals surface area contributed by atoms with Gasteiger partial charge in [-0.2, -0.15) is 5.10 Å². The predicted octanol–water partition coefficient (Wildman–Crippen LogP) is 5.10. The lowest BCUT2D eigenvalue weighted by molar-refractivity contribution is 0.0808. The van der Waals surface area contributed by atoms with Crippen LogP contribution in [-0.4, -0.2) is 47.5 Å². The highest BCUT2D eigenvalue weighted by atomic mass is 16.2. The van der Waals surface area contributed by atoms with E-state index in [1.165, 1.54) is 6.20 Å². The summed E-state index contributed by atoms with van der Waals surface area (Å²) in [5.74, 6) is 0.404. The molecular formula is C30H36N8O2. The first-order valence-corrected chi connectivity index (χ1v) is 14.0. The van der Waals surface area contributed by atoms with Gasteiger partial charge in [-0.15, -0.1) is 5.10 Å². The van der Waals surface area contributed by atoms with Crippen LogP contribution in [0.5, 0.6) is 0 Å². The van der Waals surface area contributed by atoms with Gasteiger partial charge in [-0.3, -0.25) is 14.3 Å². The third-order valence-corrected chi connectivity index (χ3v) is 7.69. The number of hydrogen-bond donors (Lipinski definition) is 2. The highest BCUT2D eigenvalue weighted by Gasteiger charge is 2.32. The molecule has 0 unspecified atom stereocenters. The third-order valence-electron chi connectivity index (χ3n) is 7.69. The Morgan fingerprint density at radius 1 is 1.00 bits per heavy atom. The molecule has 1 aromatic carbocycles. The molecule has 2 N–H and O–H groups in total. The Bertz CT molecular complexity index is 1430. The summed E-state index contributed by atoms with van der Waals surface area (Å²) in [5.41, 5.74) is 4.88. The summed E-state index contributed by atoms with van der Waals surface area (Å²) in [7, 11) is 1.92. The van der Waals surface area contributed by atoms with Gasteiger partial charge in [0, 0.05) is 36.6 Å². The molecule has 3 heterocycles. The SMILES string of the molecule is CCn1nncc1C(=O)N[C@H](C(=O)c1ccc(Nc2ccc(-c3c(C)cnn3C)cn2)cc1)C1CCCCCC1. The molecule has 10 heteroatoms. The average Bonchev–Trinajstić information content (AvgIpc) is 3.48. The normalized spacial score (nSPS) is 14.9. The topological polar surface area (TPSA) is 120 Å². The van der Waals surface area contributed by atoms with Gasteiger partial charge in [-0.05, 0) is 74.6 Å². The van der Waals surface area contributed by atoms with Crippen molar-refractivity contribution in [1.29, 1.82) is 0 Å². The number of aromatic nitrogens is 6. The number of nitrogens with one attached hydrogen (secondary N) is 2. The van der Waals surface area contributed by atoms with Crippen molar-refractivity contribution in [3.8, 4) is 11.3 Å². The summed E-state index contributed by atoms with van der Waals surface area (Å²) >= 11 is 0. The second-order valence-corrected chi connectivity index (χ2v) is 10.4. The molecule has 40 heavy (non-hydrogen) atoms. The zero-order valence-corrected chi connectivity index (χ0v) is 23.3. The second kappa shape index (κ2) is 12.2. The van der Waals surface area contributed by atoms with E-state index in [1.54, 1.807) is 4.68 Å². The first kappa shape index (κ1) is 27.2. The molecule has 10 nitrogen and oxygen atoms in total. The Morgan fingerprint density at radius 2 is 1.75 bits per heavy atom. The molecule has 0 bridgehead atoms. The molecule has 0 saturated heterocycles. The van der Waals surface area contributed by atoms with Crippen LogP contribution in [0.3, 0.4) is 0 Å². The molecule has 1 fully saturated rings. The molecule has 1 aliphatic carbocycles. The van der Waals surface area contributed by atoms with Gasteiger partial charge in [-0.25, -0.2) is 9.67 Å². The largest absolute Gasteiger partial charge is 0.340 e. The van der Waals surface area contributed by atoms with E-state index in [-0.39, 0.29) is 17.6 Å². The highest BCUT2D eigenvalue weighted by molar-refractivity contribution is 6.04. The molecule has 3 aromatic heterocycles. The number of nitrogens with zero attached hydrogens (tertiary/aromatic N) is 6. The number of rotatable bonds is 9. The van der Waals surface area contributed by atoms with Crippen molar-refractivity contribution in [2.24, 2.45) is 13.0 Å². The first-order valence-electron chi connectivity index (χ1n) is 14.0. The van der Waals surface area contributed by atoms with Crippen LogP contribution < -0.4 is 10.6 Å². The monoisotopic (exact) mass is 540 g/mol. The van der Waals surface area contributed by atoms with E-state index in [0.29, 0.717) is 23.6 Å². The van der Waals surface area contributed by atoms with Gasteiger partial charge in [0.2, 0.25) is 0 Å². The maximum absolute atomic E-state index is 13.8. The zero-order chi connectivity index (χ0) is 28.1. The average molecular weight is 541 g/mol. The molecule has 1 aliphatic rings. The number of amides is 1. The van der Waals surface area contributed by atoms with Crippen molar-refractivity contribution in [1.82, 2.24) is 35.1 Å². The fourth-order valence-corrected chi connectivity index (χ4v) is 5.54. The smallest absolute Gasteiger partial charge is 0.271 e. The van der Waals surface area contributed by atoms with Crippen molar-refractivity contribution in [2.75, 3.05) is 5.32 Å². The van der Waals surface area contributed by atoms with Gasteiger partial charge in [-0.1, -0.05) is 30.9 Å². The number of carbonyl (C=O) groups is 2. The van der Waals surface area contributed by atoms with E-state index in [1.807, 2.05) is 74.4 Å². The maximum atomic E-state index is 13.8. The summed E-state index contributed by atoms with van der Waals surface area (Å²) in [6.07, 6.45) is 11.4. The minimum Gasteiger partial charge on any atom is -0.340 e. The third kappa shape index (κ3) is 5.95. The van der Waals surface area contributed by atoms with Crippen LogP contribution in [0.2, 0.25) is 0 Å². The minimum absolute atomic E-state index is 0.0728. The van der Waals surface area contributed by atoms with Crippen molar-refractivity contribution in [2.45, 2.75) is 65.0 Å². The lowest BCUT2D eigenvalue weighted by Gasteiger charge is -2.26. The molecule has 1 saturated carbocycles. The standard InChI is InChI=1S/C30H36N8O2/c1-4-38-25(19-32-36-38)30(40)35-27(21-9-7-5-6-8-10-21)29(39)22-11-14-24(15-12-22)34-26-16-13-23(18-31-26)28-20(2)17-33-37(28)3/h11-19,21,27H,4-10H2,1-3H3,(H,31,34)(H,35,40)/t27-/m0/s1. The fourth-order valence-electron chi connectivity index (χ4n) is 5.54. The zero-order valence-electron chi connectivity index (χ0n) is 23.3. The molecule has 208 valence electrons. The summed E-state index contributed by atoms with van der Waals surface area (Å²) in [4.78, 5) is 31.5. The Kier molecular flexibility index (Phi) is 8.33. The van der Waals surface area contributed by atoms with Crippen molar-refractivity contribution in [3.63, 3.8) is 0 Å². The van der Waals surface area contributed by atoms with E-state index in [0.717, 1.165) is 61.0 Å². The maximum Gasteiger partial charge on any atom is 0.271 e. The molecule has 5 rings (SSSR count). The van der Waals surface area contributed by atoms with Crippen LogP contribution in [0.15, 0.2) is 55.0 Å². The van der Waals surface area contributed by atoms with Gasteiger partial charge in [0.25, 0.3) is 5.91 Å². The van der Waals surface area contributed by atoms with Crippen molar-refractivity contribution >= 4 is 23.2 Å². The fraction of sp³-hybridized carbons (Fsp3) is 0.400. The molecule has 1 amide bonds. The van der Waals surface area contributed by atoms with Gasteiger partial charge >= 0.3 is 0 Å². The Morgan fingerprint density at radius 3 is 2.38 bits per heavy atom. The van der Waals surface area contributed by atoms with Crippen LogP contribution in [0.1, 0.15) is 71.9 Å². The number of Topliss-reactive ketones (excluding diaryl/α,β-unsaturated/α-hetero) is 1. The molecule has 0 spiro atoms. The van der Waals surface area contributed by atoms with Gasteiger partial charge in [0.05, 0.1) is 24.1 Å². The summed E-state index contributed by atoms with van der Waals surface area (Å²) < 4.78 is 3.39. The quantitative estimate of drug-likeness (QED) is 0.224. The highest BCUT2D eigenvalue weighted by Crippen LogP contribution is 2.28. The van der Waals surface area contributed by atoms with Crippen molar-refractivity contribution in [3.05, 3.63) is 71.8 Å². The summed E-state index contributed by atoms with van der Waals surface area (Å²) in [5, 5.41) is 18.5. The van der Waals surface area contributed by atoms with E-state index in [9.17, 15) is 9.59 Å². The molecular weight excluding hydrogens is 504 g/mol. The number of aryl methyl sites for hydroxylation is 3. The number of carbonyl (C=O) groups excluding carboxylic acids is 2. The molecule has 1 atom stereocenters.